The van der Waals surface area contributed by atoms with Gasteiger partial charge in [0.1, 0.15) is 17.4 Å². The van der Waals surface area contributed by atoms with Crippen LogP contribution in [-0.4, -0.2) is 14.8 Å². The quantitative estimate of drug-likeness (QED) is 0.865. The molecule has 8 heteroatoms. The second-order valence-corrected chi connectivity index (χ2v) is 6.33. The molecule has 2 aromatic rings. The molecule has 2 heterocycles. The lowest BCUT2D eigenvalue weighted by Gasteiger charge is -2.11. The number of rotatable bonds is 3. The van der Waals surface area contributed by atoms with Crippen molar-refractivity contribution in [1.82, 2.24) is 9.72 Å². The minimum atomic E-state index is -0.551. The van der Waals surface area contributed by atoms with E-state index in [0.29, 0.717) is 5.76 Å². The normalized spacial score (nSPS) is 11.8. The summed E-state index contributed by atoms with van der Waals surface area (Å²) in [6.07, 6.45) is 0. The van der Waals surface area contributed by atoms with Crippen LogP contribution in [-0.2, 0) is 12.0 Å². The number of aromatic nitrogens is 2. The zero-order valence-corrected chi connectivity index (χ0v) is 14.3. The topological polar surface area (TPSA) is 117 Å². The SMILES string of the molecule is CCn1c(O)c(N=Nc2cc(C(C)(C)C)on2)c(C)c(C#N)c1=O. The van der Waals surface area contributed by atoms with Gasteiger partial charge in [-0.2, -0.15) is 5.26 Å². The summed E-state index contributed by atoms with van der Waals surface area (Å²) in [5, 5.41) is 31.1. The third-order valence-corrected chi connectivity index (χ3v) is 3.57. The van der Waals surface area contributed by atoms with E-state index in [1.54, 1.807) is 13.0 Å². The van der Waals surface area contributed by atoms with Gasteiger partial charge in [-0.1, -0.05) is 25.9 Å². The molecule has 8 nitrogen and oxygen atoms in total. The molecule has 0 aliphatic heterocycles. The molecule has 2 rings (SSSR count). The number of azo groups is 1. The number of hydrogen-bond donors (Lipinski definition) is 1. The molecule has 0 spiro atoms. The van der Waals surface area contributed by atoms with E-state index in [-0.39, 0.29) is 40.5 Å². The fourth-order valence-electron chi connectivity index (χ4n) is 2.12. The van der Waals surface area contributed by atoms with Gasteiger partial charge < -0.3 is 9.63 Å². The molecule has 0 aromatic carbocycles. The molecule has 1 N–H and O–H groups in total. The lowest BCUT2D eigenvalue weighted by atomic mass is 9.93. The van der Waals surface area contributed by atoms with Gasteiger partial charge in [0.25, 0.3) is 5.56 Å². The van der Waals surface area contributed by atoms with Crippen LogP contribution in [0.3, 0.4) is 0 Å². The van der Waals surface area contributed by atoms with Gasteiger partial charge in [0.05, 0.1) is 0 Å². The van der Waals surface area contributed by atoms with Gasteiger partial charge in [-0.25, -0.2) is 0 Å². The van der Waals surface area contributed by atoms with Crippen molar-refractivity contribution in [3.63, 3.8) is 0 Å². The van der Waals surface area contributed by atoms with E-state index in [4.69, 9.17) is 9.78 Å². The fourth-order valence-corrected chi connectivity index (χ4v) is 2.12. The molecule has 0 bridgehead atoms. The van der Waals surface area contributed by atoms with Crippen molar-refractivity contribution in [2.75, 3.05) is 0 Å². The standard InChI is InChI=1S/C16H19N5O3/c1-6-21-14(22)10(8-17)9(2)13(15(21)23)19-18-12-7-11(24-20-12)16(3,4)5/h7,23H,6H2,1-5H3. The van der Waals surface area contributed by atoms with Crippen LogP contribution in [0, 0.1) is 18.3 Å². The van der Waals surface area contributed by atoms with Gasteiger partial charge >= 0.3 is 0 Å². The van der Waals surface area contributed by atoms with Crippen LogP contribution < -0.4 is 5.56 Å². The number of hydrogen-bond acceptors (Lipinski definition) is 7. The Kier molecular flexibility index (Phi) is 4.55. The Hall–Kier alpha value is -2.95. The summed E-state index contributed by atoms with van der Waals surface area (Å²) in [7, 11) is 0. The lowest BCUT2D eigenvalue weighted by Crippen LogP contribution is -2.23. The van der Waals surface area contributed by atoms with Crippen molar-refractivity contribution in [3.05, 3.63) is 33.3 Å². The van der Waals surface area contributed by atoms with Gasteiger partial charge in [0.2, 0.25) is 11.7 Å². The predicted molar refractivity (Wildman–Crippen MR) is 86.9 cm³/mol. The minimum Gasteiger partial charge on any atom is -0.493 e. The molecule has 0 amide bonds. The van der Waals surface area contributed by atoms with Gasteiger partial charge in [-0.05, 0) is 13.8 Å². The first-order valence-corrected chi connectivity index (χ1v) is 7.46. The summed E-state index contributed by atoms with van der Waals surface area (Å²) in [6, 6.07) is 3.50. The summed E-state index contributed by atoms with van der Waals surface area (Å²) in [5.74, 6) is 0.558. The monoisotopic (exact) mass is 329 g/mol. The molecule has 24 heavy (non-hydrogen) atoms. The van der Waals surface area contributed by atoms with Crippen LogP contribution in [0.1, 0.15) is 44.6 Å². The molecule has 0 radical (unpaired) electrons. The molecule has 126 valence electrons. The summed E-state index contributed by atoms with van der Waals surface area (Å²) in [4.78, 5) is 12.1. The van der Waals surface area contributed by atoms with E-state index >= 15 is 0 Å². The molecule has 0 unspecified atom stereocenters. The number of aromatic hydroxyl groups is 1. The highest BCUT2D eigenvalue weighted by molar-refractivity contribution is 5.59. The summed E-state index contributed by atoms with van der Waals surface area (Å²) in [6.45, 7) is 9.35. The average molecular weight is 329 g/mol. The van der Waals surface area contributed by atoms with Crippen molar-refractivity contribution in [3.8, 4) is 11.9 Å². The van der Waals surface area contributed by atoms with Gasteiger partial charge in [0.15, 0.2) is 5.69 Å². The van der Waals surface area contributed by atoms with Gasteiger partial charge in [-0.15, -0.1) is 10.2 Å². The molecule has 0 fully saturated rings. The highest BCUT2D eigenvalue weighted by Crippen LogP contribution is 2.32. The largest absolute Gasteiger partial charge is 0.493 e. The van der Waals surface area contributed by atoms with E-state index in [0.717, 1.165) is 4.57 Å². The highest BCUT2D eigenvalue weighted by Gasteiger charge is 2.21. The van der Waals surface area contributed by atoms with E-state index in [1.807, 2.05) is 26.8 Å². The Labute approximate surface area is 139 Å². The Morgan fingerprint density at radius 3 is 2.58 bits per heavy atom. The van der Waals surface area contributed by atoms with Gasteiger partial charge in [0, 0.05) is 23.6 Å². The van der Waals surface area contributed by atoms with Crippen LogP contribution in [0.5, 0.6) is 5.88 Å². The van der Waals surface area contributed by atoms with E-state index in [9.17, 15) is 9.90 Å². The second-order valence-electron chi connectivity index (χ2n) is 6.33. The predicted octanol–water partition coefficient (Wildman–Crippen LogP) is 3.45. The van der Waals surface area contributed by atoms with E-state index in [1.165, 1.54) is 6.92 Å². The van der Waals surface area contributed by atoms with E-state index in [2.05, 4.69) is 15.4 Å². The Morgan fingerprint density at radius 2 is 2.08 bits per heavy atom. The Morgan fingerprint density at radius 1 is 1.42 bits per heavy atom. The van der Waals surface area contributed by atoms with Crippen LogP contribution in [0.25, 0.3) is 0 Å². The molecule has 2 aromatic heterocycles. The second kappa shape index (κ2) is 6.28. The van der Waals surface area contributed by atoms with Crippen molar-refractivity contribution < 1.29 is 9.63 Å². The molecule has 0 aliphatic carbocycles. The maximum atomic E-state index is 12.1. The van der Waals surface area contributed by atoms with E-state index < -0.39 is 5.56 Å². The summed E-state index contributed by atoms with van der Waals surface area (Å²) >= 11 is 0. The third kappa shape index (κ3) is 3.06. The van der Waals surface area contributed by atoms with Gasteiger partial charge in [-0.3, -0.25) is 9.36 Å². The van der Waals surface area contributed by atoms with Crippen LogP contribution >= 0.6 is 0 Å². The first-order valence-electron chi connectivity index (χ1n) is 7.46. The zero-order valence-electron chi connectivity index (χ0n) is 14.3. The molecule has 0 aliphatic rings. The van der Waals surface area contributed by atoms with Crippen molar-refractivity contribution in [2.45, 2.75) is 46.6 Å². The first kappa shape index (κ1) is 17.4. The summed E-state index contributed by atoms with van der Waals surface area (Å²) in [5.41, 5.74) is -0.506. The molecular weight excluding hydrogens is 310 g/mol. The maximum Gasteiger partial charge on any atom is 0.271 e. The van der Waals surface area contributed by atoms with Crippen LogP contribution in [0.4, 0.5) is 11.5 Å². The molecule has 0 atom stereocenters. The lowest BCUT2D eigenvalue weighted by molar-refractivity contribution is 0.330. The smallest absolute Gasteiger partial charge is 0.271 e. The fraction of sp³-hybridized carbons (Fsp3) is 0.438. The van der Waals surface area contributed by atoms with Crippen molar-refractivity contribution in [2.24, 2.45) is 10.2 Å². The number of nitrogens with zero attached hydrogens (tertiary/aromatic N) is 5. The zero-order chi connectivity index (χ0) is 18.1. The highest BCUT2D eigenvalue weighted by atomic mass is 16.5. The van der Waals surface area contributed by atoms with Crippen molar-refractivity contribution >= 4 is 11.5 Å². The molecule has 0 saturated heterocycles. The first-order chi connectivity index (χ1) is 11.2. The van der Waals surface area contributed by atoms with Crippen molar-refractivity contribution in [1.29, 1.82) is 5.26 Å². The summed E-state index contributed by atoms with van der Waals surface area (Å²) < 4.78 is 6.29. The number of pyridine rings is 1. The molecule has 0 saturated carbocycles. The third-order valence-electron chi connectivity index (χ3n) is 3.57. The maximum absolute atomic E-state index is 12.1. The van der Waals surface area contributed by atoms with Crippen LogP contribution in [0.15, 0.2) is 25.6 Å². The van der Waals surface area contributed by atoms with Crippen LogP contribution in [0.2, 0.25) is 0 Å². The minimum absolute atomic E-state index is 0.0632. The number of nitriles is 1. The Bertz CT molecular complexity index is 894. The Balaban J connectivity index is 2.52. The average Bonchev–Trinajstić information content (AvgIpc) is 2.97. The molecular formula is C16H19N5O3.